The summed E-state index contributed by atoms with van der Waals surface area (Å²) < 4.78 is 0. The molecule has 0 saturated carbocycles. The summed E-state index contributed by atoms with van der Waals surface area (Å²) in [6.07, 6.45) is 2.33. The van der Waals surface area contributed by atoms with Crippen LogP contribution in [0.5, 0.6) is 0 Å². The molecule has 100 valence electrons. The van der Waals surface area contributed by atoms with Crippen molar-refractivity contribution in [2.24, 2.45) is 11.0 Å². The first-order valence-corrected chi connectivity index (χ1v) is 6.72. The zero-order chi connectivity index (χ0) is 13.1. The first kappa shape index (κ1) is 12.2. The Labute approximate surface area is 112 Å². The largest absolute Gasteiger partial charge is 0.339 e. The first-order chi connectivity index (χ1) is 9.31. The number of carbonyl (C=O) groups excluding carboxylic acids is 1. The minimum Gasteiger partial charge on any atom is -0.307 e. The minimum atomic E-state index is -0.282. The fourth-order valence-electron chi connectivity index (χ4n) is 2.71. The third-order valence-electron chi connectivity index (χ3n) is 3.78. The summed E-state index contributed by atoms with van der Waals surface area (Å²) in [6, 6.07) is 9.09. The van der Waals surface area contributed by atoms with Crippen LogP contribution in [-0.2, 0) is 0 Å². The molecule has 2 amide bonds. The molecule has 0 atom stereocenters. The number of rotatable bonds is 2. The number of fused-ring (bicyclic) bond motifs is 3. The van der Waals surface area contributed by atoms with Crippen LogP contribution < -0.4 is 10.7 Å². The van der Waals surface area contributed by atoms with Crippen molar-refractivity contribution in [2.75, 3.05) is 25.0 Å². The Morgan fingerprint density at radius 1 is 1.21 bits per heavy atom. The van der Waals surface area contributed by atoms with Gasteiger partial charge in [-0.05, 0) is 38.1 Å². The fourth-order valence-corrected chi connectivity index (χ4v) is 2.71. The van der Waals surface area contributed by atoms with E-state index in [4.69, 9.17) is 0 Å². The van der Waals surface area contributed by atoms with Crippen molar-refractivity contribution in [3.63, 3.8) is 0 Å². The molecule has 2 bridgehead atoms. The van der Waals surface area contributed by atoms with Crippen molar-refractivity contribution in [2.45, 2.75) is 12.8 Å². The number of hydrogen-bond acceptors (Lipinski definition) is 3. The van der Waals surface area contributed by atoms with Gasteiger partial charge in [0.1, 0.15) is 0 Å². The van der Waals surface area contributed by atoms with Gasteiger partial charge >= 0.3 is 6.03 Å². The molecule has 1 aromatic rings. The standard InChI is InChI=1S/C14H18N4O/c19-14(15-12-4-2-1-3-5-12)17-16-13-10-18-8-6-11(13)7-9-18/h1-5,11H,6-10H2,(H2,15,17,19)/b16-13+. The summed E-state index contributed by atoms with van der Waals surface area (Å²) in [4.78, 5) is 14.1. The molecule has 0 aliphatic carbocycles. The van der Waals surface area contributed by atoms with Crippen LogP contribution >= 0.6 is 0 Å². The van der Waals surface area contributed by atoms with Crippen molar-refractivity contribution in [1.29, 1.82) is 0 Å². The van der Waals surface area contributed by atoms with Gasteiger partial charge in [0.05, 0.1) is 5.71 Å². The van der Waals surface area contributed by atoms with Crippen molar-refractivity contribution in [3.8, 4) is 0 Å². The molecule has 5 heteroatoms. The van der Waals surface area contributed by atoms with E-state index in [9.17, 15) is 4.79 Å². The Morgan fingerprint density at radius 2 is 1.95 bits per heavy atom. The van der Waals surface area contributed by atoms with Gasteiger partial charge in [-0.2, -0.15) is 5.10 Å². The molecular weight excluding hydrogens is 240 g/mol. The van der Waals surface area contributed by atoms with Gasteiger partial charge < -0.3 is 5.32 Å². The number of para-hydroxylation sites is 1. The lowest BCUT2D eigenvalue weighted by molar-refractivity contribution is 0.199. The first-order valence-electron chi connectivity index (χ1n) is 6.72. The number of hydrazone groups is 1. The predicted molar refractivity (Wildman–Crippen MR) is 75.2 cm³/mol. The normalized spacial score (nSPS) is 27.3. The lowest BCUT2D eigenvalue weighted by Crippen LogP contribution is -2.48. The van der Waals surface area contributed by atoms with E-state index in [1.54, 1.807) is 0 Å². The van der Waals surface area contributed by atoms with Gasteiger partial charge in [0.25, 0.3) is 0 Å². The molecule has 3 saturated heterocycles. The van der Waals surface area contributed by atoms with Crippen LogP contribution in [0.4, 0.5) is 10.5 Å². The fraction of sp³-hybridized carbons (Fsp3) is 0.429. The van der Waals surface area contributed by atoms with Gasteiger partial charge in [0, 0.05) is 18.2 Å². The highest BCUT2D eigenvalue weighted by molar-refractivity contribution is 5.93. The third-order valence-corrected chi connectivity index (χ3v) is 3.78. The average molecular weight is 258 g/mol. The van der Waals surface area contributed by atoms with Gasteiger partial charge in [0.15, 0.2) is 0 Å². The summed E-state index contributed by atoms with van der Waals surface area (Å²) >= 11 is 0. The predicted octanol–water partition coefficient (Wildman–Crippen LogP) is 1.89. The zero-order valence-corrected chi connectivity index (χ0v) is 10.8. The van der Waals surface area contributed by atoms with E-state index in [0.29, 0.717) is 5.92 Å². The number of anilines is 1. The van der Waals surface area contributed by atoms with E-state index in [-0.39, 0.29) is 6.03 Å². The lowest BCUT2D eigenvalue weighted by Gasteiger charge is -2.39. The highest BCUT2D eigenvalue weighted by Crippen LogP contribution is 2.24. The van der Waals surface area contributed by atoms with Gasteiger partial charge in [-0.3, -0.25) is 4.90 Å². The summed E-state index contributed by atoms with van der Waals surface area (Å²) in [6.45, 7) is 3.23. The summed E-state index contributed by atoms with van der Waals surface area (Å²) in [7, 11) is 0. The van der Waals surface area contributed by atoms with Crippen LogP contribution in [0.25, 0.3) is 0 Å². The zero-order valence-electron chi connectivity index (χ0n) is 10.8. The van der Waals surface area contributed by atoms with Crippen molar-refractivity contribution < 1.29 is 4.79 Å². The molecule has 0 unspecified atom stereocenters. The molecule has 0 radical (unpaired) electrons. The molecule has 0 aromatic heterocycles. The number of piperidine rings is 3. The molecule has 2 N–H and O–H groups in total. The maximum absolute atomic E-state index is 11.7. The van der Waals surface area contributed by atoms with Crippen molar-refractivity contribution in [3.05, 3.63) is 30.3 Å². The molecule has 3 aliphatic rings. The molecule has 3 fully saturated rings. The van der Waals surface area contributed by atoms with E-state index in [1.807, 2.05) is 30.3 Å². The molecule has 3 aliphatic heterocycles. The number of carbonyl (C=O) groups is 1. The van der Waals surface area contributed by atoms with Crippen LogP contribution in [0.1, 0.15) is 12.8 Å². The number of amides is 2. The topological polar surface area (TPSA) is 56.7 Å². The van der Waals surface area contributed by atoms with E-state index in [1.165, 1.54) is 25.9 Å². The van der Waals surface area contributed by atoms with Gasteiger partial charge in [-0.25, -0.2) is 10.2 Å². The average Bonchev–Trinajstić information content (AvgIpc) is 2.47. The molecule has 1 aromatic carbocycles. The van der Waals surface area contributed by atoms with Crippen LogP contribution in [0.15, 0.2) is 35.4 Å². The Hall–Kier alpha value is -1.88. The number of nitrogens with one attached hydrogen (secondary N) is 2. The maximum atomic E-state index is 11.7. The molecule has 4 rings (SSSR count). The number of urea groups is 1. The smallest absolute Gasteiger partial charge is 0.307 e. The second-order valence-electron chi connectivity index (χ2n) is 5.09. The SMILES string of the molecule is O=C(N/N=C1\CN2CCC1CC2)Nc1ccccc1. The quantitative estimate of drug-likeness (QED) is 0.796. The maximum Gasteiger partial charge on any atom is 0.339 e. The van der Waals surface area contributed by atoms with Gasteiger partial charge in [0.2, 0.25) is 0 Å². The van der Waals surface area contributed by atoms with Gasteiger partial charge in [-0.1, -0.05) is 18.2 Å². The van der Waals surface area contributed by atoms with Gasteiger partial charge in [-0.15, -0.1) is 0 Å². The van der Waals surface area contributed by atoms with Crippen LogP contribution in [-0.4, -0.2) is 36.3 Å². The van der Waals surface area contributed by atoms with E-state index < -0.39 is 0 Å². The Balaban J connectivity index is 1.56. The van der Waals surface area contributed by atoms with E-state index in [2.05, 4.69) is 20.7 Å². The highest BCUT2D eigenvalue weighted by atomic mass is 16.2. The summed E-state index contributed by atoms with van der Waals surface area (Å²) in [5.74, 6) is 0.557. The summed E-state index contributed by atoms with van der Waals surface area (Å²) in [5.41, 5.74) is 4.48. The van der Waals surface area contributed by atoms with Crippen LogP contribution in [0.3, 0.4) is 0 Å². The van der Waals surface area contributed by atoms with E-state index in [0.717, 1.165) is 17.9 Å². The second-order valence-corrected chi connectivity index (χ2v) is 5.09. The molecular formula is C14H18N4O. The Bertz CT molecular complexity index is 477. The minimum absolute atomic E-state index is 0.282. The molecule has 3 heterocycles. The van der Waals surface area contributed by atoms with Crippen molar-refractivity contribution >= 4 is 17.4 Å². The van der Waals surface area contributed by atoms with Crippen LogP contribution in [0.2, 0.25) is 0 Å². The monoisotopic (exact) mass is 258 g/mol. The molecule has 19 heavy (non-hydrogen) atoms. The highest BCUT2D eigenvalue weighted by Gasteiger charge is 2.30. The second kappa shape index (κ2) is 5.40. The molecule has 5 nitrogen and oxygen atoms in total. The lowest BCUT2D eigenvalue weighted by atomic mass is 9.87. The number of nitrogens with zero attached hydrogens (tertiary/aromatic N) is 2. The van der Waals surface area contributed by atoms with Crippen molar-refractivity contribution in [1.82, 2.24) is 10.3 Å². The van der Waals surface area contributed by atoms with Crippen LogP contribution in [0, 0.1) is 5.92 Å². The third kappa shape index (κ3) is 2.93. The summed E-state index contributed by atoms with van der Waals surface area (Å²) in [5, 5.41) is 7.03. The molecule has 0 spiro atoms. The Morgan fingerprint density at radius 3 is 2.58 bits per heavy atom. The Kier molecular flexibility index (Phi) is 3.46. The number of hydrogen-bond donors (Lipinski definition) is 2. The number of benzene rings is 1. The van der Waals surface area contributed by atoms with E-state index >= 15 is 0 Å².